The Kier molecular flexibility index (Phi) is 3.17. The summed E-state index contributed by atoms with van der Waals surface area (Å²) in [4.78, 5) is 15.1. The summed E-state index contributed by atoms with van der Waals surface area (Å²) in [7, 11) is 0. The highest BCUT2D eigenvalue weighted by Crippen LogP contribution is 2.29. The van der Waals surface area contributed by atoms with Crippen LogP contribution in [0.25, 0.3) is 11.0 Å². The van der Waals surface area contributed by atoms with Gasteiger partial charge in [0.1, 0.15) is 5.58 Å². The van der Waals surface area contributed by atoms with Crippen molar-refractivity contribution in [2.24, 2.45) is 0 Å². The van der Waals surface area contributed by atoms with E-state index in [1.165, 1.54) is 12.8 Å². The summed E-state index contributed by atoms with van der Waals surface area (Å²) in [5, 5.41) is 1.01. The van der Waals surface area contributed by atoms with E-state index in [0.717, 1.165) is 29.6 Å². The first-order valence-electron chi connectivity index (χ1n) is 7.29. The van der Waals surface area contributed by atoms with E-state index in [1.54, 1.807) is 0 Å². The van der Waals surface area contributed by atoms with E-state index in [2.05, 4.69) is 4.90 Å². The quantitative estimate of drug-likeness (QED) is 0.796. The van der Waals surface area contributed by atoms with E-state index in [4.69, 9.17) is 4.42 Å². The molecule has 1 aromatic carbocycles. The molecule has 2 heterocycles. The first-order chi connectivity index (χ1) is 9.50. The predicted octanol–water partition coefficient (Wildman–Crippen LogP) is 3.80. The van der Waals surface area contributed by atoms with Crippen LogP contribution in [0, 0.1) is 6.92 Å². The van der Waals surface area contributed by atoms with Crippen LogP contribution in [0.3, 0.4) is 0 Å². The van der Waals surface area contributed by atoms with E-state index in [0.29, 0.717) is 5.76 Å². The molecule has 0 aliphatic carbocycles. The Morgan fingerprint density at radius 2 is 1.95 bits per heavy atom. The van der Waals surface area contributed by atoms with Gasteiger partial charge in [-0.05, 0) is 58.3 Å². The average Bonchev–Trinajstić information content (AvgIpc) is 3.07. The van der Waals surface area contributed by atoms with Crippen molar-refractivity contribution in [3.8, 4) is 0 Å². The minimum absolute atomic E-state index is 0.0787. The summed E-state index contributed by atoms with van der Waals surface area (Å²) in [5.74, 6) is 0.557. The molecule has 106 valence electrons. The van der Waals surface area contributed by atoms with E-state index in [-0.39, 0.29) is 5.78 Å². The normalized spacial score (nSPS) is 16.9. The topological polar surface area (TPSA) is 33.5 Å². The number of likely N-dealkylation sites (tertiary alicyclic amines) is 1. The van der Waals surface area contributed by atoms with Crippen LogP contribution >= 0.6 is 0 Å². The van der Waals surface area contributed by atoms with Gasteiger partial charge in [0.15, 0.2) is 5.76 Å². The van der Waals surface area contributed by atoms with E-state index in [1.807, 2.05) is 45.0 Å². The molecule has 1 fully saturated rings. The largest absolute Gasteiger partial charge is 0.453 e. The van der Waals surface area contributed by atoms with E-state index < -0.39 is 5.54 Å². The number of carbonyl (C=O) groups excluding carboxylic acids is 1. The van der Waals surface area contributed by atoms with Gasteiger partial charge in [0, 0.05) is 5.39 Å². The molecule has 1 aromatic heterocycles. The zero-order valence-corrected chi connectivity index (χ0v) is 12.4. The lowest BCUT2D eigenvalue weighted by atomic mass is 9.95. The van der Waals surface area contributed by atoms with Gasteiger partial charge >= 0.3 is 0 Å². The first-order valence-corrected chi connectivity index (χ1v) is 7.29. The lowest BCUT2D eigenvalue weighted by Gasteiger charge is -2.32. The first kappa shape index (κ1) is 13.4. The molecule has 0 atom stereocenters. The standard InChI is InChI=1S/C17H21NO2/c1-12-7-6-8-13-11-14(20-15(12)13)16(19)17(2,3)18-9-4-5-10-18/h6-8,11H,4-5,9-10H2,1-3H3. The maximum absolute atomic E-state index is 12.8. The second-order valence-electron chi connectivity index (χ2n) is 6.19. The summed E-state index contributed by atoms with van der Waals surface area (Å²) >= 11 is 0. The van der Waals surface area contributed by atoms with E-state index >= 15 is 0 Å². The molecule has 0 spiro atoms. The number of Topliss-reactive ketones (excluding diaryl/α,β-unsaturated/α-hetero) is 1. The van der Waals surface area contributed by atoms with Crippen molar-refractivity contribution < 1.29 is 9.21 Å². The fraction of sp³-hybridized carbons (Fsp3) is 0.471. The molecule has 3 heteroatoms. The van der Waals surface area contributed by atoms with Crippen LogP contribution in [-0.4, -0.2) is 29.3 Å². The highest BCUT2D eigenvalue weighted by molar-refractivity contribution is 6.03. The number of ketones is 1. The van der Waals surface area contributed by atoms with Crippen LogP contribution in [-0.2, 0) is 0 Å². The smallest absolute Gasteiger partial charge is 0.217 e. The Labute approximate surface area is 119 Å². The van der Waals surface area contributed by atoms with Crippen molar-refractivity contribution >= 4 is 16.8 Å². The summed E-state index contributed by atoms with van der Waals surface area (Å²) < 4.78 is 5.83. The molecule has 0 saturated carbocycles. The molecule has 0 N–H and O–H groups in total. The van der Waals surface area contributed by atoms with Crippen LogP contribution in [0.5, 0.6) is 0 Å². The Hall–Kier alpha value is -1.61. The van der Waals surface area contributed by atoms with Crippen LogP contribution < -0.4 is 0 Å². The summed E-state index contributed by atoms with van der Waals surface area (Å²) in [6.07, 6.45) is 2.35. The number of hydrogen-bond donors (Lipinski definition) is 0. The second-order valence-corrected chi connectivity index (χ2v) is 6.19. The molecule has 0 radical (unpaired) electrons. The van der Waals surface area contributed by atoms with Gasteiger partial charge in [-0.15, -0.1) is 0 Å². The number of hydrogen-bond acceptors (Lipinski definition) is 3. The molecule has 1 saturated heterocycles. The minimum Gasteiger partial charge on any atom is -0.453 e. The van der Waals surface area contributed by atoms with Crippen LogP contribution in [0.1, 0.15) is 42.8 Å². The Morgan fingerprint density at radius 3 is 2.60 bits per heavy atom. The van der Waals surface area contributed by atoms with Crippen molar-refractivity contribution in [1.29, 1.82) is 0 Å². The molecule has 0 bridgehead atoms. The van der Waals surface area contributed by atoms with Gasteiger partial charge in [0.25, 0.3) is 0 Å². The number of aryl methyl sites for hydroxylation is 1. The summed E-state index contributed by atoms with van der Waals surface area (Å²) in [5.41, 5.74) is 1.41. The second kappa shape index (κ2) is 4.74. The third-order valence-corrected chi connectivity index (χ3v) is 4.42. The van der Waals surface area contributed by atoms with Gasteiger partial charge in [0.2, 0.25) is 5.78 Å². The number of carbonyl (C=O) groups is 1. The van der Waals surface area contributed by atoms with Crippen LogP contribution in [0.15, 0.2) is 28.7 Å². The molecule has 0 unspecified atom stereocenters. The summed E-state index contributed by atoms with van der Waals surface area (Å²) in [6, 6.07) is 7.87. The number of nitrogens with zero attached hydrogens (tertiary/aromatic N) is 1. The van der Waals surface area contributed by atoms with Gasteiger partial charge in [0.05, 0.1) is 5.54 Å². The zero-order chi connectivity index (χ0) is 14.3. The van der Waals surface area contributed by atoms with Gasteiger partial charge in [-0.3, -0.25) is 9.69 Å². The van der Waals surface area contributed by atoms with Crippen molar-refractivity contribution in [2.75, 3.05) is 13.1 Å². The maximum Gasteiger partial charge on any atom is 0.217 e. The average molecular weight is 271 g/mol. The van der Waals surface area contributed by atoms with Gasteiger partial charge in [-0.2, -0.15) is 0 Å². The highest BCUT2D eigenvalue weighted by atomic mass is 16.3. The SMILES string of the molecule is Cc1cccc2cc(C(=O)C(C)(C)N3CCCC3)oc12. The van der Waals surface area contributed by atoms with Gasteiger partial charge in [-0.25, -0.2) is 0 Å². The molecule has 20 heavy (non-hydrogen) atoms. The number of benzene rings is 1. The van der Waals surface area contributed by atoms with Gasteiger partial charge < -0.3 is 4.42 Å². The highest BCUT2D eigenvalue weighted by Gasteiger charge is 2.38. The van der Waals surface area contributed by atoms with Crippen molar-refractivity contribution in [1.82, 2.24) is 4.90 Å². The van der Waals surface area contributed by atoms with Crippen molar-refractivity contribution in [3.05, 3.63) is 35.6 Å². The lowest BCUT2D eigenvalue weighted by Crippen LogP contribution is -2.48. The summed E-state index contributed by atoms with van der Waals surface area (Å²) in [6.45, 7) is 8.00. The molecule has 1 aliphatic rings. The Balaban J connectivity index is 1.97. The molecular weight excluding hydrogens is 250 g/mol. The fourth-order valence-corrected chi connectivity index (χ4v) is 3.04. The molecule has 2 aromatic rings. The van der Waals surface area contributed by atoms with Gasteiger partial charge in [-0.1, -0.05) is 18.2 Å². The number of rotatable bonds is 3. The molecule has 3 nitrogen and oxygen atoms in total. The van der Waals surface area contributed by atoms with Crippen molar-refractivity contribution in [2.45, 2.75) is 39.2 Å². The maximum atomic E-state index is 12.8. The minimum atomic E-state index is -0.488. The fourth-order valence-electron chi connectivity index (χ4n) is 3.04. The third kappa shape index (κ3) is 2.06. The monoisotopic (exact) mass is 271 g/mol. The predicted molar refractivity (Wildman–Crippen MR) is 80.2 cm³/mol. The van der Waals surface area contributed by atoms with Crippen LogP contribution in [0.2, 0.25) is 0 Å². The lowest BCUT2D eigenvalue weighted by molar-refractivity contribution is 0.0675. The molecule has 1 aliphatic heterocycles. The molecular formula is C17H21NO2. The Morgan fingerprint density at radius 1 is 1.25 bits per heavy atom. The Bertz CT molecular complexity index is 648. The molecule has 3 rings (SSSR count). The number of para-hydroxylation sites is 1. The van der Waals surface area contributed by atoms with Crippen LogP contribution in [0.4, 0.5) is 0 Å². The van der Waals surface area contributed by atoms with E-state index in [9.17, 15) is 4.79 Å². The molecule has 0 amide bonds. The van der Waals surface area contributed by atoms with Crippen molar-refractivity contribution in [3.63, 3.8) is 0 Å². The number of furan rings is 1. The number of fused-ring (bicyclic) bond motifs is 1. The third-order valence-electron chi connectivity index (χ3n) is 4.42. The zero-order valence-electron chi connectivity index (χ0n) is 12.4.